The number of nitrogens with two attached hydrogens (primary N) is 2. The van der Waals surface area contributed by atoms with Gasteiger partial charge in [0.25, 0.3) is 0 Å². The van der Waals surface area contributed by atoms with E-state index >= 15 is 0 Å². The van der Waals surface area contributed by atoms with Crippen LogP contribution in [0.3, 0.4) is 0 Å². The second-order valence-corrected chi connectivity index (χ2v) is 3.32. The molecule has 0 atom stereocenters. The summed E-state index contributed by atoms with van der Waals surface area (Å²) in [5.41, 5.74) is 13.8. The Balaban J connectivity index is 2.28. The van der Waals surface area contributed by atoms with Crippen molar-refractivity contribution < 1.29 is 0 Å². The van der Waals surface area contributed by atoms with Crippen molar-refractivity contribution >= 4 is 22.7 Å². The summed E-state index contributed by atoms with van der Waals surface area (Å²) >= 11 is 0. The highest BCUT2D eigenvalue weighted by molar-refractivity contribution is 5.76. The molecule has 0 unspecified atom stereocenters. The maximum absolute atomic E-state index is 5.77. The average Bonchev–Trinajstić information content (AvgIpc) is 2.32. The molecule has 2 rings (SSSR count). The number of nitrogens with zero attached hydrogens (tertiary/aromatic N) is 2. The Hall–Kier alpha value is -2.36. The van der Waals surface area contributed by atoms with Gasteiger partial charge in [-0.05, 0) is 24.3 Å². The van der Waals surface area contributed by atoms with Crippen LogP contribution in [0.15, 0.2) is 58.8 Å². The van der Waals surface area contributed by atoms with Crippen LogP contribution in [0.4, 0.5) is 22.7 Å². The lowest BCUT2D eigenvalue weighted by atomic mass is 10.2. The van der Waals surface area contributed by atoms with E-state index in [9.17, 15) is 0 Å². The van der Waals surface area contributed by atoms with Crippen molar-refractivity contribution in [1.29, 1.82) is 0 Å². The maximum Gasteiger partial charge on any atom is 0.111 e. The fraction of sp³-hybridized carbons (Fsp3) is 0. The zero-order valence-corrected chi connectivity index (χ0v) is 8.67. The normalized spacial score (nSPS) is 10.8. The summed E-state index contributed by atoms with van der Waals surface area (Å²) in [6.07, 6.45) is 0. The molecule has 4 nitrogen and oxygen atoms in total. The molecule has 0 aliphatic rings. The van der Waals surface area contributed by atoms with E-state index in [1.807, 2.05) is 30.3 Å². The van der Waals surface area contributed by atoms with Gasteiger partial charge in [-0.25, -0.2) is 0 Å². The van der Waals surface area contributed by atoms with Crippen LogP contribution in [0.5, 0.6) is 0 Å². The summed E-state index contributed by atoms with van der Waals surface area (Å²) < 4.78 is 0. The second-order valence-electron chi connectivity index (χ2n) is 3.32. The number of rotatable bonds is 2. The summed E-state index contributed by atoms with van der Waals surface area (Å²) in [6, 6.07) is 14.8. The highest BCUT2D eigenvalue weighted by Crippen LogP contribution is 2.28. The molecular formula is C12H12N4. The van der Waals surface area contributed by atoms with Crippen molar-refractivity contribution in [2.75, 3.05) is 11.5 Å². The van der Waals surface area contributed by atoms with Gasteiger partial charge in [-0.3, -0.25) is 0 Å². The minimum absolute atomic E-state index is 0.460. The van der Waals surface area contributed by atoms with Crippen LogP contribution in [-0.2, 0) is 0 Å². The monoisotopic (exact) mass is 212 g/mol. The van der Waals surface area contributed by atoms with E-state index < -0.39 is 0 Å². The minimum atomic E-state index is 0.460. The molecule has 0 bridgehead atoms. The summed E-state index contributed by atoms with van der Waals surface area (Å²) in [5.74, 6) is 0. The zero-order chi connectivity index (χ0) is 11.4. The minimum Gasteiger partial charge on any atom is -0.397 e. The lowest BCUT2D eigenvalue weighted by molar-refractivity contribution is 1.23. The van der Waals surface area contributed by atoms with Gasteiger partial charge in [0, 0.05) is 0 Å². The molecule has 2 aromatic rings. The quantitative estimate of drug-likeness (QED) is 0.592. The van der Waals surface area contributed by atoms with Crippen molar-refractivity contribution in [3.8, 4) is 0 Å². The van der Waals surface area contributed by atoms with E-state index in [4.69, 9.17) is 11.5 Å². The fourth-order valence-electron chi connectivity index (χ4n) is 1.26. The molecule has 0 amide bonds. The van der Waals surface area contributed by atoms with Crippen LogP contribution in [-0.4, -0.2) is 0 Å². The number of benzene rings is 2. The molecule has 0 heterocycles. The third-order valence-electron chi connectivity index (χ3n) is 2.15. The number of azo groups is 1. The molecule has 80 valence electrons. The standard InChI is InChI=1S/C12H12N4/c13-10-7-4-8-11(12(10)14)16-15-9-5-2-1-3-6-9/h1-8H,13-14H2. The number of anilines is 2. The Morgan fingerprint density at radius 2 is 1.50 bits per heavy atom. The Labute approximate surface area is 93.6 Å². The van der Waals surface area contributed by atoms with Crippen LogP contribution in [0.1, 0.15) is 0 Å². The molecule has 4 heteroatoms. The van der Waals surface area contributed by atoms with Gasteiger partial charge in [0.1, 0.15) is 5.69 Å². The smallest absolute Gasteiger partial charge is 0.111 e. The van der Waals surface area contributed by atoms with E-state index in [0.717, 1.165) is 5.69 Å². The highest BCUT2D eigenvalue weighted by atomic mass is 15.1. The molecule has 16 heavy (non-hydrogen) atoms. The van der Waals surface area contributed by atoms with Crippen LogP contribution >= 0.6 is 0 Å². The predicted molar refractivity (Wildman–Crippen MR) is 65.9 cm³/mol. The highest BCUT2D eigenvalue weighted by Gasteiger charge is 1.99. The average molecular weight is 212 g/mol. The van der Waals surface area contributed by atoms with Crippen molar-refractivity contribution in [3.63, 3.8) is 0 Å². The first-order chi connectivity index (χ1) is 7.77. The summed E-state index contributed by atoms with van der Waals surface area (Å²) in [6.45, 7) is 0. The third kappa shape index (κ3) is 2.17. The Morgan fingerprint density at radius 1 is 0.750 bits per heavy atom. The zero-order valence-electron chi connectivity index (χ0n) is 8.67. The van der Waals surface area contributed by atoms with Crippen LogP contribution < -0.4 is 11.5 Å². The fourth-order valence-corrected chi connectivity index (χ4v) is 1.26. The molecule has 2 aromatic carbocycles. The van der Waals surface area contributed by atoms with Gasteiger partial charge in [-0.2, -0.15) is 5.11 Å². The summed E-state index contributed by atoms with van der Waals surface area (Å²) in [5, 5.41) is 8.12. The van der Waals surface area contributed by atoms with E-state index in [2.05, 4.69) is 10.2 Å². The lowest BCUT2D eigenvalue weighted by Gasteiger charge is -2.01. The van der Waals surface area contributed by atoms with Crippen LogP contribution in [0.2, 0.25) is 0 Å². The molecule has 0 spiro atoms. The van der Waals surface area contributed by atoms with Gasteiger partial charge in [-0.1, -0.05) is 24.3 Å². The molecule has 0 aromatic heterocycles. The van der Waals surface area contributed by atoms with E-state index in [-0.39, 0.29) is 0 Å². The van der Waals surface area contributed by atoms with Gasteiger partial charge >= 0.3 is 0 Å². The van der Waals surface area contributed by atoms with Crippen LogP contribution in [0.25, 0.3) is 0 Å². The van der Waals surface area contributed by atoms with Gasteiger partial charge in [-0.15, -0.1) is 5.11 Å². The van der Waals surface area contributed by atoms with E-state index in [0.29, 0.717) is 17.1 Å². The SMILES string of the molecule is Nc1cccc(N=Nc2ccccc2)c1N. The number of para-hydroxylation sites is 1. The summed E-state index contributed by atoms with van der Waals surface area (Å²) in [7, 11) is 0. The van der Waals surface area contributed by atoms with Gasteiger partial charge in [0.2, 0.25) is 0 Å². The molecule has 4 N–H and O–H groups in total. The molecule has 0 radical (unpaired) electrons. The van der Waals surface area contributed by atoms with E-state index in [1.165, 1.54) is 0 Å². The molecule has 0 aliphatic carbocycles. The largest absolute Gasteiger partial charge is 0.397 e. The number of hydrogen-bond acceptors (Lipinski definition) is 4. The second kappa shape index (κ2) is 4.44. The third-order valence-corrected chi connectivity index (χ3v) is 2.15. The Bertz CT molecular complexity index is 506. The van der Waals surface area contributed by atoms with Gasteiger partial charge in [0.05, 0.1) is 17.1 Å². The van der Waals surface area contributed by atoms with E-state index in [1.54, 1.807) is 18.2 Å². The van der Waals surface area contributed by atoms with Crippen molar-refractivity contribution in [1.82, 2.24) is 0 Å². The summed E-state index contributed by atoms with van der Waals surface area (Å²) in [4.78, 5) is 0. The number of hydrogen-bond donors (Lipinski definition) is 2. The first-order valence-corrected chi connectivity index (χ1v) is 4.88. The Morgan fingerprint density at radius 3 is 2.25 bits per heavy atom. The number of nitrogen functional groups attached to an aromatic ring is 2. The van der Waals surface area contributed by atoms with Crippen molar-refractivity contribution in [2.45, 2.75) is 0 Å². The first-order valence-electron chi connectivity index (χ1n) is 4.88. The molecule has 0 saturated carbocycles. The Kier molecular flexibility index (Phi) is 2.82. The molecule has 0 aliphatic heterocycles. The van der Waals surface area contributed by atoms with Gasteiger partial charge < -0.3 is 11.5 Å². The maximum atomic E-state index is 5.77. The first kappa shape index (κ1) is 10.2. The van der Waals surface area contributed by atoms with Gasteiger partial charge in [0.15, 0.2) is 0 Å². The predicted octanol–water partition coefficient (Wildman–Crippen LogP) is 3.27. The molecule has 0 fully saturated rings. The lowest BCUT2D eigenvalue weighted by Crippen LogP contribution is -1.93. The topological polar surface area (TPSA) is 76.8 Å². The molecule has 0 saturated heterocycles. The van der Waals surface area contributed by atoms with Crippen LogP contribution in [0, 0.1) is 0 Å². The van der Waals surface area contributed by atoms with Crippen molar-refractivity contribution in [2.24, 2.45) is 10.2 Å². The van der Waals surface area contributed by atoms with Crippen molar-refractivity contribution in [3.05, 3.63) is 48.5 Å². The molecular weight excluding hydrogens is 200 g/mol.